The summed E-state index contributed by atoms with van der Waals surface area (Å²) in [6, 6.07) is 20.5. The summed E-state index contributed by atoms with van der Waals surface area (Å²) in [6.07, 6.45) is 0.615. The second kappa shape index (κ2) is 10.5. The normalized spacial score (nSPS) is 11.1. The van der Waals surface area contributed by atoms with Crippen LogP contribution < -0.4 is 14.4 Å². The molecule has 0 bridgehead atoms. The summed E-state index contributed by atoms with van der Waals surface area (Å²) in [5, 5.41) is 3.24. The lowest BCUT2D eigenvalue weighted by Gasteiger charge is -2.24. The molecule has 0 saturated carbocycles. The van der Waals surface area contributed by atoms with Crippen LogP contribution in [0.1, 0.15) is 11.1 Å². The monoisotopic (exact) mass is 472 g/mol. The van der Waals surface area contributed by atoms with Gasteiger partial charge in [-0.3, -0.25) is 9.10 Å². The summed E-state index contributed by atoms with van der Waals surface area (Å²) >= 11 is 5.91. The summed E-state index contributed by atoms with van der Waals surface area (Å²) < 4.78 is 32.9. The predicted molar refractivity (Wildman–Crippen MR) is 127 cm³/mol. The average Bonchev–Trinajstić information content (AvgIpc) is 2.78. The zero-order chi connectivity index (χ0) is 23.1. The van der Waals surface area contributed by atoms with Gasteiger partial charge in [-0.2, -0.15) is 0 Å². The Morgan fingerprint density at radius 2 is 1.72 bits per heavy atom. The van der Waals surface area contributed by atoms with Gasteiger partial charge in [0.15, 0.2) is 0 Å². The van der Waals surface area contributed by atoms with Gasteiger partial charge in [0.2, 0.25) is 5.91 Å². The minimum atomic E-state index is -3.97. The third kappa shape index (κ3) is 6.02. The minimum absolute atomic E-state index is 0.0643. The summed E-state index contributed by atoms with van der Waals surface area (Å²) in [7, 11) is -2.36. The molecule has 0 unspecified atom stereocenters. The lowest BCUT2D eigenvalue weighted by atomic mass is 10.1. The van der Waals surface area contributed by atoms with Crippen LogP contribution >= 0.6 is 11.6 Å². The number of sulfonamides is 1. The summed E-state index contributed by atoms with van der Waals surface area (Å²) in [5.74, 6) is 0.372. The van der Waals surface area contributed by atoms with Crippen LogP contribution in [0.15, 0.2) is 77.7 Å². The molecule has 0 radical (unpaired) electrons. The molecular weight excluding hydrogens is 448 g/mol. The number of nitrogens with zero attached hydrogens (tertiary/aromatic N) is 1. The fraction of sp³-hybridized carbons (Fsp3) is 0.208. The van der Waals surface area contributed by atoms with Crippen molar-refractivity contribution in [3.8, 4) is 5.75 Å². The Morgan fingerprint density at radius 3 is 2.34 bits per heavy atom. The lowest BCUT2D eigenvalue weighted by Crippen LogP contribution is -2.41. The molecule has 0 saturated heterocycles. The van der Waals surface area contributed by atoms with E-state index in [9.17, 15) is 13.2 Å². The van der Waals surface area contributed by atoms with E-state index in [1.165, 1.54) is 24.3 Å². The number of aryl methyl sites for hydroxylation is 1. The molecule has 0 aliphatic carbocycles. The molecule has 168 valence electrons. The van der Waals surface area contributed by atoms with Gasteiger partial charge in [0.1, 0.15) is 12.3 Å². The first-order chi connectivity index (χ1) is 15.3. The van der Waals surface area contributed by atoms with Gasteiger partial charge in [-0.15, -0.1) is 0 Å². The molecule has 0 aliphatic heterocycles. The fourth-order valence-corrected chi connectivity index (χ4v) is 4.70. The summed E-state index contributed by atoms with van der Waals surface area (Å²) in [6.45, 7) is 1.91. The molecule has 0 heterocycles. The number of methoxy groups -OCH3 is 1. The van der Waals surface area contributed by atoms with Gasteiger partial charge in [-0.05, 0) is 73.0 Å². The van der Waals surface area contributed by atoms with Crippen molar-refractivity contribution in [1.82, 2.24) is 5.32 Å². The van der Waals surface area contributed by atoms with Gasteiger partial charge in [0.25, 0.3) is 10.0 Å². The van der Waals surface area contributed by atoms with Crippen molar-refractivity contribution < 1.29 is 17.9 Å². The van der Waals surface area contributed by atoms with Crippen molar-refractivity contribution in [2.75, 3.05) is 24.5 Å². The van der Waals surface area contributed by atoms with Crippen molar-refractivity contribution >= 4 is 33.2 Å². The van der Waals surface area contributed by atoms with Crippen molar-refractivity contribution in [3.05, 3.63) is 88.9 Å². The van der Waals surface area contributed by atoms with Gasteiger partial charge < -0.3 is 10.1 Å². The molecule has 3 aromatic carbocycles. The van der Waals surface area contributed by atoms with Gasteiger partial charge >= 0.3 is 0 Å². The highest BCUT2D eigenvalue weighted by Gasteiger charge is 2.27. The molecular formula is C24H25ClN2O4S. The first-order valence-corrected chi connectivity index (χ1v) is 11.9. The quantitative estimate of drug-likeness (QED) is 0.506. The number of nitrogens with one attached hydrogen (secondary N) is 1. The average molecular weight is 473 g/mol. The highest BCUT2D eigenvalue weighted by Crippen LogP contribution is 2.25. The number of rotatable bonds is 9. The van der Waals surface area contributed by atoms with Crippen molar-refractivity contribution in [2.45, 2.75) is 18.2 Å². The van der Waals surface area contributed by atoms with Gasteiger partial charge in [-0.25, -0.2) is 8.42 Å². The van der Waals surface area contributed by atoms with E-state index in [1.54, 1.807) is 25.3 Å². The Balaban J connectivity index is 1.74. The predicted octanol–water partition coefficient (Wildman–Crippen LogP) is 4.21. The number of hydrogen-bond acceptors (Lipinski definition) is 4. The number of hydrogen-bond donors (Lipinski definition) is 1. The zero-order valence-electron chi connectivity index (χ0n) is 17.9. The van der Waals surface area contributed by atoms with Crippen LogP contribution in [0.25, 0.3) is 0 Å². The van der Waals surface area contributed by atoms with E-state index >= 15 is 0 Å². The number of anilines is 1. The third-order valence-corrected chi connectivity index (χ3v) is 6.91. The van der Waals surface area contributed by atoms with E-state index in [1.807, 2.05) is 37.3 Å². The Bertz CT molecular complexity index is 1160. The molecule has 6 nitrogen and oxygen atoms in total. The molecule has 0 spiro atoms. The molecule has 8 heteroatoms. The Morgan fingerprint density at radius 1 is 1.03 bits per heavy atom. The second-order valence-corrected chi connectivity index (χ2v) is 9.55. The van der Waals surface area contributed by atoms with Crippen LogP contribution in [0.4, 0.5) is 5.69 Å². The summed E-state index contributed by atoms with van der Waals surface area (Å²) in [5.41, 5.74) is 2.35. The fourth-order valence-electron chi connectivity index (χ4n) is 3.16. The maximum absolute atomic E-state index is 13.3. The van der Waals surface area contributed by atoms with Crippen molar-refractivity contribution in [3.63, 3.8) is 0 Å². The zero-order valence-corrected chi connectivity index (χ0v) is 19.5. The first kappa shape index (κ1) is 23.6. The molecule has 1 N–H and O–H groups in total. The van der Waals surface area contributed by atoms with Crippen LogP contribution in [0.5, 0.6) is 5.75 Å². The van der Waals surface area contributed by atoms with E-state index < -0.39 is 15.9 Å². The Hall–Kier alpha value is -3.03. The minimum Gasteiger partial charge on any atom is -0.497 e. The van der Waals surface area contributed by atoms with Crippen LogP contribution in [-0.4, -0.2) is 34.5 Å². The largest absolute Gasteiger partial charge is 0.497 e. The maximum atomic E-state index is 13.3. The lowest BCUT2D eigenvalue weighted by molar-refractivity contribution is -0.119. The molecule has 32 heavy (non-hydrogen) atoms. The number of halogens is 1. The Labute approximate surface area is 193 Å². The van der Waals surface area contributed by atoms with E-state index in [-0.39, 0.29) is 11.4 Å². The molecule has 0 atom stereocenters. The second-order valence-electron chi connectivity index (χ2n) is 7.25. The number of carbonyl (C=O) groups is 1. The molecule has 1 amide bonds. The smallest absolute Gasteiger partial charge is 0.264 e. The molecule has 0 aliphatic rings. The van der Waals surface area contributed by atoms with Gasteiger partial charge in [-0.1, -0.05) is 35.9 Å². The van der Waals surface area contributed by atoms with Crippen LogP contribution in [0.3, 0.4) is 0 Å². The highest BCUT2D eigenvalue weighted by atomic mass is 35.5. The van der Waals surface area contributed by atoms with Crippen LogP contribution in [0, 0.1) is 6.92 Å². The third-order valence-electron chi connectivity index (χ3n) is 4.87. The standard InChI is InChI=1S/C24H25ClN2O4S/c1-18-4-3-5-21(16-18)27(32(29,30)23-12-8-20(25)9-13-23)17-24(28)26-15-14-19-6-10-22(31-2)11-7-19/h3-13,16H,14-15,17H2,1-2H3,(H,26,28). The summed E-state index contributed by atoms with van der Waals surface area (Å²) in [4.78, 5) is 12.7. The number of benzene rings is 3. The molecule has 3 aromatic rings. The number of ether oxygens (including phenoxy) is 1. The van der Waals surface area contributed by atoms with E-state index in [0.29, 0.717) is 23.7 Å². The molecule has 0 fully saturated rings. The molecule has 3 rings (SSSR count). The van der Waals surface area contributed by atoms with E-state index in [2.05, 4.69) is 5.32 Å². The highest BCUT2D eigenvalue weighted by molar-refractivity contribution is 7.92. The van der Waals surface area contributed by atoms with Crippen LogP contribution in [0.2, 0.25) is 5.02 Å². The van der Waals surface area contributed by atoms with Gasteiger partial charge in [0.05, 0.1) is 17.7 Å². The number of amides is 1. The maximum Gasteiger partial charge on any atom is 0.264 e. The van der Waals surface area contributed by atoms with E-state index in [0.717, 1.165) is 21.2 Å². The Kier molecular flexibility index (Phi) is 7.77. The van der Waals surface area contributed by atoms with E-state index in [4.69, 9.17) is 16.3 Å². The number of carbonyl (C=O) groups excluding carboxylic acids is 1. The van der Waals surface area contributed by atoms with Crippen molar-refractivity contribution in [1.29, 1.82) is 0 Å². The van der Waals surface area contributed by atoms with Crippen LogP contribution in [-0.2, 0) is 21.2 Å². The van der Waals surface area contributed by atoms with Crippen molar-refractivity contribution in [2.24, 2.45) is 0 Å². The topological polar surface area (TPSA) is 75.7 Å². The first-order valence-electron chi connectivity index (χ1n) is 10.0. The SMILES string of the molecule is COc1ccc(CCNC(=O)CN(c2cccc(C)c2)S(=O)(=O)c2ccc(Cl)cc2)cc1. The van der Waals surface area contributed by atoms with Gasteiger partial charge in [0, 0.05) is 11.6 Å². The molecule has 0 aromatic heterocycles.